The molecule has 0 saturated carbocycles. The number of aromatic nitrogens is 7. The molecule has 0 spiro atoms. The summed E-state index contributed by atoms with van der Waals surface area (Å²) < 4.78 is 8.49. The van der Waals surface area contributed by atoms with E-state index in [0.717, 1.165) is 49.5 Å². The lowest BCUT2D eigenvalue weighted by Gasteiger charge is -2.35. The summed E-state index contributed by atoms with van der Waals surface area (Å²) in [5, 5.41) is 14.9. The van der Waals surface area contributed by atoms with E-state index in [4.69, 9.17) is 20.4 Å². The lowest BCUT2D eigenvalue weighted by Crippen LogP contribution is -2.41. The number of rotatable bonds is 10. The molecule has 5 heterocycles. The minimum atomic E-state index is -0.608. The van der Waals surface area contributed by atoms with E-state index >= 15 is 0 Å². The molecule has 13 nitrogen and oxygen atoms in total. The van der Waals surface area contributed by atoms with Gasteiger partial charge in [-0.25, -0.2) is 14.6 Å². The van der Waals surface area contributed by atoms with Gasteiger partial charge in [0.25, 0.3) is 5.56 Å². The average Bonchev–Trinajstić information content (AvgIpc) is 3.74. The number of thiazole rings is 1. The summed E-state index contributed by atoms with van der Waals surface area (Å²) >= 11 is 1.41. The van der Waals surface area contributed by atoms with E-state index in [1.807, 2.05) is 29.6 Å². The first kappa shape index (κ1) is 33.9. The third-order valence-electron chi connectivity index (χ3n) is 8.61. The van der Waals surface area contributed by atoms with E-state index in [2.05, 4.69) is 60.2 Å². The minimum Gasteiger partial charge on any atom is -0.497 e. The van der Waals surface area contributed by atoms with Crippen LogP contribution >= 0.6 is 11.3 Å². The predicted octanol–water partition coefficient (Wildman–Crippen LogP) is 4.21. The number of nitrogens with two attached hydrogens (primary N) is 1. The number of carbonyl (C=O) groups is 1. The summed E-state index contributed by atoms with van der Waals surface area (Å²) in [6.07, 6.45) is 5.54. The Morgan fingerprint density at radius 3 is 2.59 bits per heavy atom. The maximum absolute atomic E-state index is 14.8. The van der Waals surface area contributed by atoms with E-state index in [1.54, 1.807) is 36.1 Å². The minimum absolute atomic E-state index is 0.205. The molecule has 5 aromatic rings. The van der Waals surface area contributed by atoms with Crippen LogP contribution in [0.1, 0.15) is 66.6 Å². The normalized spacial score (nSPS) is 15.5. The maximum Gasteiger partial charge on any atom is 0.267 e. The van der Waals surface area contributed by atoms with Crippen LogP contribution in [0.3, 0.4) is 0 Å². The number of benzene rings is 1. The molecule has 14 heteroatoms. The number of amides is 1. The lowest BCUT2D eigenvalue weighted by atomic mass is 9.93. The Labute approximate surface area is 289 Å². The fourth-order valence-corrected chi connectivity index (χ4v) is 7.16. The van der Waals surface area contributed by atoms with Gasteiger partial charge < -0.3 is 20.3 Å². The Kier molecular flexibility index (Phi) is 9.61. The van der Waals surface area contributed by atoms with E-state index in [-0.39, 0.29) is 16.5 Å². The molecule has 1 amide bonds. The van der Waals surface area contributed by atoms with Crippen molar-refractivity contribution in [3.05, 3.63) is 80.3 Å². The molecule has 6 rings (SSSR count). The van der Waals surface area contributed by atoms with Gasteiger partial charge in [-0.05, 0) is 85.3 Å². The Bertz CT molecular complexity index is 2060. The number of tetrazole rings is 1. The third kappa shape index (κ3) is 7.39. The number of carbonyl (C=O) groups excluding carboxylic acids is 1. The van der Waals surface area contributed by atoms with Crippen molar-refractivity contribution < 1.29 is 9.53 Å². The van der Waals surface area contributed by atoms with E-state index in [9.17, 15) is 9.59 Å². The zero-order valence-electron chi connectivity index (χ0n) is 28.8. The number of anilines is 1. The van der Waals surface area contributed by atoms with Gasteiger partial charge in [0, 0.05) is 36.0 Å². The summed E-state index contributed by atoms with van der Waals surface area (Å²) in [5.41, 5.74) is 8.61. The highest BCUT2D eigenvalue weighted by atomic mass is 32.1. The second kappa shape index (κ2) is 13.9. The first-order valence-electron chi connectivity index (χ1n) is 16.2. The monoisotopic (exact) mass is 682 g/mol. The predicted molar refractivity (Wildman–Crippen MR) is 192 cm³/mol. The van der Waals surface area contributed by atoms with Gasteiger partial charge in [0.15, 0.2) is 5.82 Å². The molecule has 1 aliphatic rings. The molecule has 0 radical (unpaired) electrons. The number of methoxy groups -OCH3 is 1. The smallest absolute Gasteiger partial charge is 0.267 e. The molecule has 1 atom stereocenters. The van der Waals surface area contributed by atoms with Crippen LogP contribution in [0.4, 0.5) is 5.82 Å². The quantitative estimate of drug-likeness (QED) is 0.227. The van der Waals surface area contributed by atoms with Crippen LogP contribution < -0.4 is 20.9 Å². The number of hydrogen-bond donors (Lipinski definition) is 1. The molecule has 0 bridgehead atoms. The zero-order valence-corrected chi connectivity index (χ0v) is 29.6. The van der Waals surface area contributed by atoms with Gasteiger partial charge in [-0.2, -0.15) is 0 Å². The van der Waals surface area contributed by atoms with Crippen LogP contribution in [0.5, 0.6) is 5.75 Å². The number of fused-ring (bicyclic) bond motifs is 1. The summed E-state index contributed by atoms with van der Waals surface area (Å²) in [6, 6.07) is 10.9. The highest BCUT2D eigenvalue weighted by molar-refractivity contribution is 7.13. The highest BCUT2D eigenvalue weighted by Crippen LogP contribution is 2.32. The van der Waals surface area contributed by atoms with Gasteiger partial charge in [-0.15, -0.1) is 16.4 Å². The molecule has 2 N–H and O–H groups in total. The Morgan fingerprint density at radius 1 is 1.14 bits per heavy atom. The molecular formula is C35H42N10O3S. The summed E-state index contributed by atoms with van der Waals surface area (Å²) in [7, 11) is 5.77. The van der Waals surface area contributed by atoms with E-state index in [1.165, 1.54) is 15.7 Å². The second-order valence-electron chi connectivity index (χ2n) is 13.7. The number of pyridine rings is 1. The zero-order chi connectivity index (χ0) is 34.9. The largest absolute Gasteiger partial charge is 0.497 e. The third-order valence-corrected chi connectivity index (χ3v) is 9.47. The number of piperidine rings is 1. The van der Waals surface area contributed by atoms with E-state index < -0.39 is 5.91 Å². The fraction of sp³-hybridized carbons (Fsp3) is 0.400. The number of hydrogen-bond acceptors (Lipinski definition) is 11. The van der Waals surface area contributed by atoms with Crippen LogP contribution in [0.2, 0.25) is 0 Å². The van der Waals surface area contributed by atoms with Crippen LogP contribution in [-0.4, -0.2) is 86.2 Å². The molecular weight excluding hydrogens is 641 g/mol. The standard InChI is InChI=1S/C35H42N10O3S/c1-35(2,3)28-21-49-33(37-28)27-16-24(31(36)46)17-30-38-32(43-15-7-8-23(19-43)18-42(4)5)26(34(47)45(27)30)13-14-29-39-40-41-44(29)20-22-9-11-25(48-6)12-10-22/h9-14,16-17,21,23H,7-8,15,18-20H2,1-6H3,(H2,36,46). The Balaban J connectivity index is 1.50. The Morgan fingerprint density at radius 2 is 1.92 bits per heavy atom. The molecule has 1 saturated heterocycles. The number of nitrogens with zero attached hydrogens (tertiary/aromatic N) is 9. The van der Waals surface area contributed by atoms with Crippen LogP contribution in [0.25, 0.3) is 28.5 Å². The van der Waals surface area contributed by atoms with Gasteiger partial charge in [0.2, 0.25) is 5.91 Å². The maximum atomic E-state index is 14.8. The van der Waals surface area contributed by atoms with Gasteiger partial charge in [0.1, 0.15) is 22.2 Å². The SMILES string of the molecule is COc1ccc(Cn2nnnc2C=Cc2c(N3CCCC(CN(C)C)C3)nc3cc(C(N)=O)cc(-c4nc(C(C)(C)C)cs4)n3c2=O)cc1. The molecule has 1 aromatic carbocycles. The summed E-state index contributed by atoms with van der Waals surface area (Å²) in [6.45, 7) is 9.07. The molecule has 49 heavy (non-hydrogen) atoms. The van der Waals surface area contributed by atoms with Crippen LogP contribution in [0.15, 0.2) is 46.6 Å². The number of primary amides is 1. The van der Waals surface area contributed by atoms with Gasteiger partial charge in [-0.1, -0.05) is 32.9 Å². The second-order valence-corrected chi connectivity index (χ2v) is 14.6. The molecule has 256 valence electrons. The van der Waals surface area contributed by atoms with Crippen molar-refractivity contribution in [2.24, 2.45) is 11.7 Å². The van der Waals surface area contributed by atoms with Crippen molar-refractivity contribution >= 4 is 40.9 Å². The fourth-order valence-electron chi connectivity index (χ4n) is 6.11. The molecule has 4 aromatic heterocycles. The summed E-state index contributed by atoms with van der Waals surface area (Å²) in [4.78, 5) is 41.6. The van der Waals surface area contributed by atoms with Gasteiger partial charge in [-0.3, -0.25) is 14.0 Å². The van der Waals surface area contributed by atoms with Crippen molar-refractivity contribution in [2.75, 3.05) is 45.7 Å². The number of ether oxygens (including phenoxy) is 1. The van der Waals surface area contributed by atoms with Crippen molar-refractivity contribution in [3.8, 4) is 16.5 Å². The van der Waals surface area contributed by atoms with Crippen LogP contribution in [-0.2, 0) is 12.0 Å². The Hall–Kier alpha value is -4.95. The van der Waals surface area contributed by atoms with E-state index in [0.29, 0.717) is 46.0 Å². The first-order valence-corrected chi connectivity index (χ1v) is 17.1. The molecule has 1 fully saturated rings. The molecule has 1 unspecified atom stereocenters. The van der Waals surface area contributed by atoms with Gasteiger partial charge >= 0.3 is 0 Å². The summed E-state index contributed by atoms with van der Waals surface area (Å²) in [5.74, 6) is 1.58. The van der Waals surface area contributed by atoms with Crippen molar-refractivity contribution in [1.82, 2.24) is 39.5 Å². The average molecular weight is 683 g/mol. The molecule has 0 aliphatic carbocycles. The van der Waals surface area contributed by atoms with Crippen molar-refractivity contribution in [2.45, 2.75) is 45.6 Å². The van der Waals surface area contributed by atoms with Gasteiger partial charge in [0.05, 0.1) is 30.6 Å². The highest BCUT2D eigenvalue weighted by Gasteiger charge is 2.27. The van der Waals surface area contributed by atoms with Crippen molar-refractivity contribution in [3.63, 3.8) is 0 Å². The first-order chi connectivity index (χ1) is 23.4. The van der Waals surface area contributed by atoms with Crippen molar-refractivity contribution in [1.29, 1.82) is 0 Å². The topological polar surface area (TPSA) is 150 Å². The molecule has 1 aliphatic heterocycles. The van der Waals surface area contributed by atoms with Crippen LogP contribution in [0, 0.1) is 5.92 Å². The lowest BCUT2D eigenvalue weighted by molar-refractivity contribution is 0.1000.